The molecule has 0 radical (unpaired) electrons. The first-order chi connectivity index (χ1) is 11.0. The number of primary amides is 1. The lowest BCUT2D eigenvalue weighted by atomic mass is 10.1. The minimum Gasteiger partial charge on any atom is -0.366 e. The number of hydrogen-bond donors (Lipinski definition) is 1. The highest BCUT2D eigenvalue weighted by Gasteiger charge is 2.16. The summed E-state index contributed by atoms with van der Waals surface area (Å²) in [5.74, 6) is -0.614. The molecule has 0 bridgehead atoms. The average molecular weight is 328 g/mol. The second-order valence-electron chi connectivity index (χ2n) is 5.08. The Morgan fingerprint density at radius 3 is 2.57 bits per heavy atom. The van der Waals surface area contributed by atoms with Crippen LogP contribution in [0.5, 0.6) is 0 Å². The van der Waals surface area contributed by atoms with E-state index in [-0.39, 0.29) is 16.3 Å². The van der Waals surface area contributed by atoms with Crippen molar-refractivity contribution in [2.45, 2.75) is 13.3 Å². The number of carbonyl (C=O) groups excluding carboxylic acids is 1. The maximum absolute atomic E-state index is 12.5. The molecular weight excluding hydrogens is 314 g/mol. The predicted molar refractivity (Wildman–Crippen MR) is 90.2 cm³/mol. The molecule has 3 rings (SSSR count). The molecule has 0 spiro atoms. The van der Waals surface area contributed by atoms with Gasteiger partial charge in [0.25, 0.3) is 0 Å². The quantitative estimate of drug-likeness (QED) is 0.803. The molecule has 116 valence electrons. The Balaban J connectivity index is 2.47. The Hall–Kier alpha value is -2.66. The van der Waals surface area contributed by atoms with Crippen LogP contribution in [-0.4, -0.2) is 15.5 Å². The molecule has 1 aromatic heterocycles. The molecule has 6 heteroatoms. The van der Waals surface area contributed by atoms with Crippen LogP contribution in [-0.2, 0) is 6.42 Å². The molecule has 0 unspecified atom stereocenters. The Morgan fingerprint density at radius 2 is 1.96 bits per heavy atom. The van der Waals surface area contributed by atoms with Crippen LogP contribution in [0.1, 0.15) is 23.0 Å². The number of nitrogens with two attached hydrogens (primary N) is 1. The number of halogens is 1. The van der Waals surface area contributed by atoms with Gasteiger partial charge in [-0.1, -0.05) is 36.7 Å². The minimum absolute atomic E-state index is 0.210. The molecule has 0 saturated heterocycles. The Labute approximate surface area is 137 Å². The van der Waals surface area contributed by atoms with Gasteiger partial charge in [0.1, 0.15) is 0 Å². The van der Waals surface area contributed by atoms with Crippen molar-refractivity contribution in [1.29, 1.82) is 0 Å². The van der Waals surface area contributed by atoms with Crippen molar-refractivity contribution < 1.29 is 4.79 Å². The monoisotopic (exact) mass is 327 g/mol. The molecule has 2 aromatic carbocycles. The Bertz CT molecular complexity index is 965. The summed E-state index contributed by atoms with van der Waals surface area (Å²) in [4.78, 5) is 28.1. The van der Waals surface area contributed by atoms with Gasteiger partial charge in [-0.3, -0.25) is 9.36 Å². The number of aryl methyl sites for hydroxylation is 1. The zero-order chi connectivity index (χ0) is 16.6. The van der Waals surface area contributed by atoms with Crippen molar-refractivity contribution in [3.63, 3.8) is 0 Å². The second-order valence-corrected chi connectivity index (χ2v) is 5.49. The van der Waals surface area contributed by atoms with Gasteiger partial charge in [0.2, 0.25) is 5.91 Å². The largest absolute Gasteiger partial charge is 0.366 e. The van der Waals surface area contributed by atoms with Crippen molar-refractivity contribution in [3.8, 4) is 5.69 Å². The SMILES string of the molecule is CCc1nc(=O)n(-c2ccccc2)c2cc(Cl)c(C(N)=O)cc12. The van der Waals surface area contributed by atoms with Crippen molar-refractivity contribution in [2.24, 2.45) is 5.73 Å². The van der Waals surface area contributed by atoms with Gasteiger partial charge in [-0.25, -0.2) is 4.79 Å². The molecule has 23 heavy (non-hydrogen) atoms. The van der Waals surface area contributed by atoms with Gasteiger partial charge in [0.05, 0.1) is 27.5 Å². The van der Waals surface area contributed by atoms with Gasteiger partial charge in [-0.15, -0.1) is 0 Å². The van der Waals surface area contributed by atoms with Crippen LogP contribution >= 0.6 is 11.6 Å². The van der Waals surface area contributed by atoms with E-state index in [2.05, 4.69) is 4.98 Å². The molecule has 5 nitrogen and oxygen atoms in total. The first kappa shape index (κ1) is 15.2. The smallest absolute Gasteiger partial charge is 0.352 e. The molecule has 1 heterocycles. The molecule has 0 aliphatic carbocycles. The summed E-state index contributed by atoms with van der Waals surface area (Å²) in [6.45, 7) is 1.90. The van der Waals surface area contributed by atoms with E-state index in [1.165, 1.54) is 4.57 Å². The molecule has 3 aromatic rings. The van der Waals surface area contributed by atoms with Crippen LogP contribution in [0.4, 0.5) is 0 Å². The predicted octanol–water partition coefficient (Wildman–Crippen LogP) is 2.70. The number of benzene rings is 2. The van der Waals surface area contributed by atoms with E-state index < -0.39 is 5.91 Å². The molecular formula is C17H14ClN3O2. The first-order valence-corrected chi connectivity index (χ1v) is 7.51. The molecule has 0 aliphatic rings. The average Bonchev–Trinajstić information content (AvgIpc) is 2.54. The van der Waals surface area contributed by atoms with Gasteiger partial charge in [-0.2, -0.15) is 4.98 Å². The fourth-order valence-electron chi connectivity index (χ4n) is 2.59. The summed E-state index contributed by atoms with van der Waals surface area (Å²) >= 11 is 6.17. The maximum Gasteiger partial charge on any atom is 0.352 e. The summed E-state index contributed by atoms with van der Waals surface area (Å²) in [7, 11) is 0. The number of carbonyl (C=O) groups is 1. The van der Waals surface area contributed by atoms with Crippen LogP contribution in [0.25, 0.3) is 16.6 Å². The van der Waals surface area contributed by atoms with Gasteiger partial charge in [-0.05, 0) is 30.7 Å². The minimum atomic E-state index is -0.614. The topological polar surface area (TPSA) is 78.0 Å². The maximum atomic E-state index is 12.5. The lowest BCUT2D eigenvalue weighted by molar-refractivity contribution is 0.100. The van der Waals surface area contributed by atoms with Crippen molar-refractivity contribution in [2.75, 3.05) is 0 Å². The third-order valence-corrected chi connectivity index (χ3v) is 3.99. The summed E-state index contributed by atoms with van der Waals surface area (Å²) in [6.07, 6.45) is 0.557. The fraction of sp³-hybridized carbons (Fsp3) is 0.118. The van der Waals surface area contributed by atoms with Crippen LogP contribution in [0, 0.1) is 0 Å². The summed E-state index contributed by atoms with van der Waals surface area (Å²) < 4.78 is 1.48. The van der Waals surface area contributed by atoms with E-state index in [9.17, 15) is 9.59 Å². The molecule has 1 amide bonds. The standard InChI is InChI=1S/C17H14ClN3O2/c1-2-14-12-8-11(16(19)22)13(18)9-15(12)21(17(23)20-14)10-6-4-3-5-7-10/h3-9H,2H2,1H3,(H2,19,22). The van der Waals surface area contributed by atoms with Crippen LogP contribution in [0.3, 0.4) is 0 Å². The van der Waals surface area contributed by atoms with Crippen molar-refractivity contribution >= 4 is 28.4 Å². The van der Waals surface area contributed by atoms with Gasteiger partial charge >= 0.3 is 5.69 Å². The van der Waals surface area contributed by atoms with E-state index in [0.29, 0.717) is 28.7 Å². The highest BCUT2D eigenvalue weighted by Crippen LogP contribution is 2.26. The van der Waals surface area contributed by atoms with Gasteiger partial charge in [0, 0.05) is 5.39 Å². The van der Waals surface area contributed by atoms with Gasteiger partial charge in [0.15, 0.2) is 0 Å². The summed E-state index contributed by atoms with van der Waals surface area (Å²) in [5.41, 5.74) is 7.08. The van der Waals surface area contributed by atoms with E-state index in [4.69, 9.17) is 17.3 Å². The number of para-hydroxylation sites is 1. The molecule has 0 aliphatic heterocycles. The van der Waals surface area contributed by atoms with Crippen LogP contribution < -0.4 is 11.4 Å². The highest BCUT2D eigenvalue weighted by atomic mass is 35.5. The van der Waals surface area contributed by atoms with E-state index >= 15 is 0 Å². The first-order valence-electron chi connectivity index (χ1n) is 7.13. The summed E-state index contributed by atoms with van der Waals surface area (Å²) in [5, 5.41) is 0.900. The molecule has 0 fully saturated rings. The fourth-order valence-corrected chi connectivity index (χ4v) is 2.84. The number of amides is 1. The Kier molecular flexibility index (Phi) is 3.88. The number of hydrogen-bond acceptors (Lipinski definition) is 3. The number of aromatic nitrogens is 2. The molecule has 2 N–H and O–H groups in total. The van der Waals surface area contributed by atoms with Crippen LogP contribution in [0.2, 0.25) is 5.02 Å². The third kappa shape index (κ3) is 2.59. The summed E-state index contributed by atoms with van der Waals surface area (Å²) in [6, 6.07) is 12.3. The lowest BCUT2D eigenvalue weighted by Gasteiger charge is -2.13. The number of nitrogens with zero attached hydrogens (tertiary/aromatic N) is 2. The van der Waals surface area contributed by atoms with E-state index in [0.717, 1.165) is 0 Å². The third-order valence-electron chi connectivity index (χ3n) is 3.67. The zero-order valence-electron chi connectivity index (χ0n) is 12.4. The van der Waals surface area contributed by atoms with Crippen molar-refractivity contribution in [3.05, 3.63) is 69.2 Å². The van der Waals surface area contributed by atoms with Crippen molar-refractivity contribution in [1.82, 2.24) is 9.55 Å². The normalized spacial score (nSPS) is 10.9. The van der Waals surface area contributed by atoms with E-state index in [1.807, 2.05) is 37.3 Å². The highest BCUT2D eigenvalue weighted by molar-refractivity contribution is 6.34. The van der Waals surface area contributed by atoms with Gasteiger partial charge < -0.3 is 5.73 Å². The molecule has 0 atom stereocenters. The van der Waals surface area contributed by atoms with E-state index in [1.54, 1.807) is 12.1 Å². The number of fused-ring (bicyclic) bond motifs is 1. The zero-order valence-corrected chi connectivity index (χ0v) is 13.2. The molecule has 0 saturated carbocycles. The van der Waals surface area contributed by atoms with Crippen LogP contribution in [0.15, 0.2) is 47.3 Å². The Morgan fingerprint density at radius 1 is 1.26 bits per heavy atom. The lowest BCUT2D eigenvalue weighted by Crippen LogP contribution is -2.24. The number of rotatable bonds is 3. The second kappa shape index (κ2) is 5.85.